The fourth-order valence-corrected chi connectivity index (χ4v) is 2.69. The molecule has 23 heavy (non-hydrogen) atoms. The summed E-state index contributed by atoms with van der Waals surface area (Å²) in [7, 11) is 0. The van der Waals surface area contributed by atoms with Crippen molar-refractivity contribution < 1.29 is 14.0 Å². The second-order valence-electron chi connectivity index (χ2n) is 6.04. The lowest BCUT2D eigenvalue weighted by atomic mass is 10.1. The molecule has 2 aromatic rings. The average molecular weight is 317 g/mol. The number of rotatable bonds is 5. The molecule has 1 unspecified atom stereocenters. The Balaban J connectivity index is 1.68. The molecular weight excluding hydrogens is 294 g/mol. The highest BCUT2D eigenvalue weighted by Gasteiger charge is 2.26. The molecule has 0 aliphatic carbocycles. The largest absolute Gasteiger partial charge is 0.491 e. The van der Waals surface area contributed by atoms with Gasteiger partial charge >= 0.3 is 0 Å². The minimum atomic E-state index is -0.139. The highest BCUT2D eigenvalue weighted by atomic mass is 16.5. The van der Waals surface area contributed by atoms with Crippen molar-refractivity contribution in [3.63, 3.8) is 0 Å². The van der Waals surface area contributed by atoms with Crippen LogP contribution in [0.15, 0.2) is 28.8 Å². The molecule has 3 rings (SSSR count). The summed E-state index contributed by atoms with van der Waals surface area (Å²) in [6.45, 7) is 8.97. The van der Waals surface area contributed by atoms with Crippen molar-refractivity contribution in [1.82, 2.24) is 15.0 Å². The third kappa shape index (κ3) is 4.09. The fourth-order valence-electron chi connectivity index (χ4n) is 2.69. The average Bonchev–Trinajstić information content (AvgIpc) is 2.96. The van der Waals surface area contributed by atoms with Gasteiger partial charge in [-0.15, -0.1) is 0 Å². The SMILES string of the molecule is Cc1nc(C2CN(Cc3ccccc3OC(C)C)CCO2)no1. The Bertz CT molecular complexity index is 642. The van der Waals surface area contributed by atoms with E-state index in [0.29, 0.717) is 18.3 Å². The maximum atomic E-state index is 5.90. The summed E-state index contributed by atoms with van der Waals surface area (Å²) in [5.41, 5.74) is 1.19. The fraction of sp³-hybridized carbons (Fsp3) is 0.529. The maximum Gasteiger partial charge on any atom is 0.223 e. The monoisotopic (exact) mass is 317 g/mol. The molecule has 1 atom stereocenters. The summed E-state index contributed by atoms with van der Waals surface area (Å²) in [5, 5.41) is 3.98. The lowest BCUT2D eigenvalue weighted by Crippen LogP contribution is -2.38. The molecule has 1 saturated heterocycles. The molecule has 0 spiro atoms. The number of ether oxygens (including phenoxy) is 2. The molecule has 6 heteroatoms. The first-order chi connectivity index (χ1) is 11.1. The van der Waals surface area contributed by atoms with Crippen LogP contribution < -0.4 is 4.74 Å². The number of hydrogen-bond donors (Lipinski definition) is 0. The van der Waals surface area contributed by atoms with Crippen LogP contribution in [0.25, 0.3) is 0 Å². The Morgan fingerprint density at radius 2 is 2.17 bits per heavy atom. The van der Waals surface area contributed by atoms with Crippen LogP contribution in [0.4, 0.5) is 0 Å². The summed E-state index contributed by atoms with van der Waals surface area (Å²) < 4.78 is 16.7. The van der Waals surface area contributed by atoms with Crippen molar-refractivity contribution in [3.05, 3.63) is 41.5 Å². The Labute approximate surface area is 136 Å². The number of aryl methyl sites for hydroxylation is 1. The summed E-state index contributed by atoms with van der Waals surface area (Å²) in [6.07, 6.45) is 0.0234. The molecule has 0 N–H and O–H groups in total. The number of morpholine rings is 1. The normalized spacial score (nSPS) is 19.2. The number of hydrogen-bond acceptors (Lipinski definition) is 6. The van der Waals surface area contributed by atoms with E-state index in [1.165, 1.54) is 5.56 Å². The van der Waals surface area contributed by atoms with Gasteiger partial charge < -0.3 is 14.0 Å². The first kappa shape index (κ1) is 16.0. The first-order valence-electron chi connectivity index (χ1n) is 8.00. The molecule has 1 aliphatic rings. The molecule has 0 amide bonds. The van der Waals surface area contributed by atoms with Gasteiger partial charge in [-0.3, -0.25) is 4.90 Å². The molecular formula is C17H23N3O3. The van der Waals surface area contributed by atoms with Crippen molar-refractivity contribution in [2.24, 2.45) is 0 Å². The van der Waals surface area contributed by atoms with Crippen LogP contribution >= 0.6 is 0 Å². The van der Waals surface area contributed by atoms with Crippen LogP contribution in [0.2, 0.25) is 0 Å². The summed E-state index contributed by atoms with van der Waals surface area (Å²) in [5.74, 6) is 2.14. The van der Waals surface area contributed by atoms with Crippen molar-refractivity contribution in [2.45, 2.75) is 39.5 Å². The Morgan fingerprint density at radius 1 is 1.35 bits per heavy atom. The van der Waals surface area contributed by atoms with Crippen molar-refractivity contribution in [3.8, 4) is 5.75 Å². The highest BCUT2D eigenvalue weighted by Crippen LogP contribution is 2.25. The third-order valence-corrected chi connectivity index (χ3v) is 3.71. The molecule has 1 fully saturated rings. The molecule has 2 heterocycles. The summed E-state index contributed by atoms with van der Waals surface area (Å²) in [4.78, 5) is 6.61. The molecule has 1 aliphatic heterocycles. The predicted molar refractivity (Wildman–Crippen MR) is 85.2 cm³/mol. The summed E-state index contributed by atoms with van der Waals surface area (Å²) in [6, 6.07) is 8.19. The lowest BCUT2D eigenvalue weighted by Gasteiger charge is -2.31. The minimum absolute atomic E-state index is 0.139. The molecule has 0 saturated carbocycles. The van der Waals surface area contributed by atoms with Gasteiger partial charge in [0, 0.05) is 32.1 Å². The molecule has 124 valence electrons. The van der Waals surface area contributed by atoms with Crippen LogP contribution in [0, 0.1) is 6.92 Å². The van der Waals surface area contributed by atoms with E-state index in [9.17, 15) is 0 Å². The van der Waals surface area contributed by atoms with Crippen LogP contribution in [0.1, 0.15) is 37.2 Å². The molecule has 0 radical (unpaired) electrons. The van der Waals surface area contributed by atoms with Crippen LogP contribution in [-0.2, 0) is 11.3 Å². The lowest BCUT2D eigenvalue weighted by molar-refractivity contribution is -0.0383. The van der Waals surface area contributed by atoms with Crippen LogP contribution in [0.5, 0.6) is 5.75 Å². The number of aromatic nitrogens is 2. The zero-order chi connectivity index (χ0) is 16.2. The van der Waals surface area contributed by atoms with Crippen molar-refractivity contribution >= 4 is 0 Å². The standard InChI is InChI=1S/C17H23N3O3/c1-12(2)22-15-7-5-4-6-14(15)10-20-8-9-21-16(11-20)17-18-13(3)23-19-17/h4-7,12,16H,8-11H2,1-3H3. The molecule has 6 nitrogen and oxygen atoms in total. The maximum absolute atomic E-state index is 5.90. The summed E-state index contributed by atoms with van der Waals surface area (Å²) >= 11 is 0. The van der Waals surface area contributed by atoms with Crippen LogP contribution in [0.3, 0.4) is 0 Å². The third-order valence-electron chi connectivity index (χ3n) is 3.71. The van der Waals surface area contributed by atoms with Crippen molar-refractivity contribution in [2.75, 3.05) is 19.7 Å². The highest BCUT2D eigenvalue weighted by molar-refractivity contribution is 5.33. The van der Waals surface area contributed by atoms with E-state index in [2.05, 4.69) is 21.1 Å². The van der Waals surface area contributed by atoms with Crippen molar-refractivity contribution in [1.29, 1.82) is 0 Å². The van der Waals surface area contributed by atoms with Gasteiger partial charge in [0.15, 0.2) is 0 Å². The van der Waals surface area contributed by atoms with Gasteiger partial charge in [-0.25, -0.2) is 0 Å². The van der Waals surface area contributed by atoms with E-state index in [1.807, 2.05) is 32.0 Å². The van der Waals surface area contributed by atoms with Gasteiger partial charge in [0.25, 0.3) is 0 Å². The van der Waals surface area contributed by atoms with Gasteiger partial charge in [0.1, 0.15) is 11.9 Å². The minimum Gasteiger partial charge on any atom is -0.491 e. The van der Waals surface area contributed by atoms with E-state index in [1.54, 1.807) is 6.92 Å². The molecule has 1 aromatic heterocycles. The van der Waals surface area contributed by atoms with E-state index >= 15 is 0 Å². The molecule has 0 bridgehead atoms. The van der Waals surface area contributed by atoms with Gasteiger partial charge in [-0.2, -0.15) is 4.98 Å². The van der Waals surface area contributed by atoms with Gasteiger partial charge in [0.05, 0.1) is 12.7 Å². The molecule has 1 aromatic carbocycles. The Kier molecular flexibility index (Phi) is 4.93. The Hall–Kier alpha value is -1.92. The second kappa shape index (κ2) is 7.10. The predicted octanol–water partition coefficient (Wildman–Crippen LogP) is 2.74. The van der Waals surface area contributed by atoms with Gasteiger partial charge in [-0.05, 0) is 19.9 Å². The number of nitrogens with zero attached hydrogens (tertiary/aromatic N) is 3. The van der Waals surface area contributed by atoms with E-state index in [4.69, 9.17) is 14.0 Å². The van der Waals surface area contributed by atoms with E-state index < -0.39 is 0 Å². The van der Waals surface area contributed by atoms with Gasteiger partial charge in [-0.1, -0.05) is 23.4 Å². The number of benzene rings is 1. The zero-order valence-electron chi connectivity index (χ0n) is 13.9. The Morgan fingerprint density at radius 3 is 2.91 bits per heavy atom. The second-order valence-corrected chi connectivity index (χ2v) is 6.04. The first-order valence-corrected chi connectivity index (χ1v) is 8.00. The zero-order valence-corrected chi connectivity index (χ0v) is 13.9. The topological polar surface area (TPSA) is 60.6 Å². The van der Waals surface area contributed by atoms with E-state index in [-0.39, 0.29) is 12.2 Å². The quantitative estimate of drug-likeness (QED) is 0.845. The smallest absolute Gasteiger partial charge is 0.223 e. The van der Waals surface area contributed by atoms with Gasteiger partial charge in [0.2, 0.25) is 11.7 Å². The van der Waals surface area contributed by atoms with Crippen LogP contribution in [-0.4, -0.2) is 40.8 Å². The van der Waals surface area contributed by atoms with E-state index in [0.717, 1.165) is 25.4 Å². The number of para-hydroxylation sites is 1.